The molecular weight excluding hydrogens is 132 g/mol. The van der Waals surface area contributed by atoms with Crippen molar-refractivity contribution in [3.63, 3.8) is 0 Å². The van der Waals surface area contributed by atoms with Gasteiger partial charge < -0.3 is 5.11 Å². The SMILES string of the molecule is C=C(C)C(=O)O.C=CC=O. The van der Waals surface area contributed by atoms with E-state index in [1.807, 2.05) is 0 Å². The number of allylic oxidation sites excluding steroid dienone is 1. The lowest BCUT2D eigenvalue weighted by Crippen LogP contribution is -1.92. The van der Waals surface area contributed by atoms with E-state index in [1.54, 1.807) is 0 Å². The van der Waals surface area contributed by atoms with Gasteiger partial charge in [-0.15, -0.1) is 0 Å². The van der Waals surface area contributed by atoms with Crippen molar-refractivity contribution < 1.29 is 14.7 Å². The predicted octanol–water partition coefficient (Wildman–Crippen LogP) is 1.02. The van der Waals surface area contributed by atoms with Gasteiger partial charge in [-0.3, -0.25) is 4.79 Å². The van der Waals surface area contributed by atoms with E-state index in [0.717, 1.165) is 0 Å². The number of carboxylic acids is 1. The van der Waals surface area contributed by atoms with E-state index < -0.39 is 5.97 Å². The van der Waals surface area contributed by atoms with Crippen LogP contribution in [0.2, 0.25) is 0 Å². The van der Waals surface area contributed by atoms with Gasteiger partial charge in [0.2, 0.25) is 0 Å². The van der Waals surface area contributed by atoms with Gasteiger partial charge in [0.15, 0.2) is 0 Å². The number of rotatable bonds is 2. The Morgan fingerprint density at radius 3 is 1.80 bits per heavy atom. The molecule has 0 atom stereocenters. The first-order valence-electron chi connectivity index (χ1n) is 2.51. The molecule has 0 fully saturated rings. The Kier molecular flexibility index (Phi) is 8.70. The van der Waals surface area contributed by atoms with Gasteiger partial charge in [-0.1, -0.05) is 13.2 Å². The number of hydrogen-bond donors (Lipinski definition) is 1. The fraction of sp³-hybridized carbons (Fsp3) is 0.143. The Hall–Kier alpha value is -1.38. The number of hydrogen-bond acceptors (Lipinski definition) is 2. The largest absolute Gasteiger partial charge is 0.478 e. The van der Waals surface area contributed by atoms with Crippen LogP contribution in [-0.4, -0.2) is 17.4 Å². The molecule has 3 heteroatoms. The minimum absolute atomic E-state index is 0.176. The molecule has 0 saturated carbocycles. The topological polar surface area (TPSA) is 54.4 Å². The second-order valence-electron chi connectivity index (χ2n) is 1.46. The van der Waals surface area contributed by atoms with Crippen molar-refractivity contribution >= 4 is 12.3 Å². The van der Waals surface area contributed by atoms with Gasteiger partial charge in [-0.05, 0) is 13.0 Å². The summed E-state index contributed by atoms with van der Waals surface area (Å²) in [6.07, 6.45) is 1.83. The van der Waals surface area contributed by atoms with Crippen molar-refractivity contribution in [1.82, 2.24) is 0 Å². The maximum Gasteiger partial charge on any atom is 0.330 e. The molecule has 56 valence electrons. The molecule has 0 radical (unpaired) electrons. The van der Waals surface area contributed by atoms with E-state index in [9.17, 15) is 4.79 Å². The first-order valence-corrected chi connectivity index (χ1v) is 2.51. The van der Waals surface area contributed by atoms with Crippen LogP contribution in [0.3, 0.4) is 0 Å². The van der Waals surface area contributed by atoms with E-state index >= 15 is 0 Å². The molecule has 3 nitrogen and oxygen atoms in total. The van der Waals surface area contributed by atoms with Gasteiger partial charge in [-0.2, -0.15) is 0 Å². The van der Waals surface area contributed by atoms with Crippen molar-refractivity contribution in [3.05, 3.63) is 24.8 Å². The summed E-state index contributed by atoms with van der Waals surface area (Å²) in [5.41, 5.74) is 0.176. The second kappa shape index (κ2) is 7.62. The third kappa shape index (κ3) is 16.0. The number of aliphatic carboxylic acids is 1. The van der Waals surface area contributed by atoms with Crippen LogP contribution in [0.25, 0.3) is 0 Å². The minimum Gasteiger partial charge on any atom is -0.478 e. The van der Waals surface area contributed by atoms with E-state index in [1.165, 1.54) is 13.0 Å². The van der Waals surface area contributed by atoms with Crippen LogP contribution >= 0.6 is 0 Å². The van der Waals surface area contributed by atoms with Gasteiger partial charge in [0, 0.05) is 5.57 Å². The first-order chi connectivity index (χ1) is 4.56. The number of carboxylic acid groups (broad SMARTS) is 1. The first kappa shape index (κ1) is 11.4. The average Bonchev–Trinajstić information content (AvgIpc) is 1.89. The molecule has 0 heterocycles. The van der Waals surface area contributed by atoms with Crippen molar-refractivity contribution in [2.24, 2.45) is 0 Å². The number of carbonyl (C=O) groups excluding carboxylic acids is 1. The van der Waals surface area contributed by atoms with E-state index in [0.29, 0.717) is 6.29 Å². The van der Waals surface area contributed by atoms with Crippen LogP contribution in [0.15, 0.2) is 24.8 Å². The number of aldehydes is 1. The zero-order chi connectivity index (χ0) is 8.57. The molecule has 0 aliphatic heterocycles. The molecule has 0 aliphatic rings. The molecule has 10 heavy (non-hydrogen) atoms. The molecular formula is C7H10O3. The molecule has 0 spiro atoms. The molecule has 0 aliphatic carbocycles. The Balaban J connectivity index is 0. The molecule has 0 rings (SSSR count). The van der Waals surface area contributed by atoms with Crippen molar-refractivity contribution in [1.29, 1.82) is 0 Å². The van der Waals surface area contributed by atoms with Crippen LogP contribution in [-0.2, 0) is 9.59 Å². The Labute approximate surface area is 59.7 Å². The zero-order valence-electron chi connectivity index (χ0n) is 5.83. The van der Waals surface area contributed by atoms with Crippen molar-refractivity contribution in [3.8, 4) is 0 Å². The summed E-state index contributed by atoms with van der Waals surface area (Å²) in [5.74, 6) is -0.935. The quantitative estimate of drug-likeness (QED) is 0.462. The highest BCUT2D eigenvalue weighted by Gasteiger charge is 1.90. The van der Waals surface area contributed by atoms with Gasteiger partial charge in [-0.25, -0.2) is 4.79 Å². The lowest BCUT2D eigenvalue weighted by molar-refractivity contribution is -0.132. The Morgan fingerprint density at radius 2 is 1.80 bits per heavy atom. The second-order valence-corrected chi connectivity index (χ2v) is 1.46. The third-order valence-corrected chi connectivity index (χ3v) is 0.461. The summed E-state index contributed by atoms with van der Waals surface area (Å²) in [6, 6.07) is 0. The Morgan fingerprint density at radius 1 is 1.60 bits per heavy atom. The molecule has 0 unspecified atom stereocenters. The molecule has 0 aromatic rings. The van der Waals surface area contributed by atoms with Gasteiger partial charge >= 0.3 is 5.97 Å². The maximum atomic E-state index is 9.60. The smallest absolute Gasteiger partial charge is 0.330 e. The fourth-order valence-corrected chi connectivity index (χ4v) is 0. The summed E-state index contributed by atoms with van der Waals surface area (Å²) in [7, 11) is 0. The van der Waals surface area contributed by atoms with E-state index in [2.05, 4.69) is 13.2 Å². The Bertz CT molecular complexity index is 129. The molecule has 0 saturated heterocycles. The van der Waals surface area contributed by atoms with Crippen LogP contribution in [0, 0.1) is 0 Å². The van der Waals surface area contributed by atoms with Crippen LogP contribution < -0.4 is 0 Å². The fourth-order valence-electron chi connectivity index (χ4n) is 0. The van der Waals surface area contributed by atoms with Gasteiger partial charge in [0.05, 0.1) is 0 Å². The normalized spacial score (nSPS) is 6.50. The standard InChI is InChI=1S/C4H6O2.C3H4O/c1-3(2)4(5)6;1-2-3-4/h1H2,2H3,(H,5,6);2-3H,1H2. The predicted molar refractivity (Wildman–Crippen MR) is 38.7 cm³/mol. The van der Waals surface area contributed by atoms with Gasteiger partial charge in [0.25, 0.3) is 0 Å². The number of carbonyl (C=O) groups is 2. The van der Waals surface area contributed by atoms with Crippen LogP contribution in [0.4, 0.5) is 0 Å². The summed E-state index contributed by atoms with van der Waals surface area (Å²) in [6.45, 7) is 7.71. The van der Waals surface area contributed by atoms with Gasteiger partial charge in [0.1, 0.15) is 6.29 Å². The third-order valence-electron chi connectivity index (χ3n) is 0.461. The molecule has 1 N–H and O–H groups in total. The maximum absolute atomic E-state index is 9.60. The average molecular weight is 142 g/mol. The van der Waals surface area contributed by atoms with Crippen LogP contribution in [0.5, 0.6) is 0 Å². The lowest BCUT2D eigenvalue weighted by Gasteiger charge is -1.79. The molecule has 0 aromatic heterocycles. The highest BCUT2D eigenvalue weighted by atomic mass is 16.4. The molecule has 0 amide bonds. The minimum atomic E-state index is -0.935. The van der Waals surface area contributed by atoms with Crippen molar-refractivity contribution in [2.45, 2.75) is 6.92 Å². The van der Waals surface area contributed by atoms with E-state index in [4.69, 9.17) is 9.90 Å². The summed E-state index contributed by atoms with van der Waals surface area (Å²) in [5, 5.41) is 7.89. The summed E-state index contributed by atoms with van der Waals surface area (Å²) in [4.78, 5) is 18.7. The van der Waals surface area contributed by atoms with Crippen LogP contribution in [0.1, 0.15) is 6.92 Å². The summed E-state index contributed by atoms with van der Waals surface area (Å²) < 4.78 is 0. The van der Waals surface area contributed by atoms with E-state index in [-0.39, 0.29) is 5.57 Å². The highest BCUT2D eigenvalue weighted by molar-refractivity contribution is 5.84. The lowest BCUT2D eigenvalue weighted by atomic mass is 10.4. The summed E-state index contributed by atoms with van der Waals surface area (Å²) >= 11 is 0. The highest BCUT2D eigenvalue weighted by Crippen LogP contribution is 1.81. The molecule has 0 bridgehead atoms. The molecule has 0 aromatic carbocycles. The van der Waals surface area contributed by atoms with Crippen molar-refractivity contribution in [2.75, 3.05) is 0 Å². The monoisotopic (exact) mass is 142 g/mol. The zero-order valence-corrected chi connectivity index (χ0v) is 5.83.